The minimum absolute atomic E-state index is 0.0910. The molecule has 9 nitrogen and oxygen atoms in total. The van der Waals surface area contributed by atoms with E-state index >= 15 is 0 Å². The van der Waals surface area contributed by atoms with Crippen molar-refractivity contribution in [1.82, 2.24) is 14.9 Å². The Bertz CT molecular complexity index is 2050. The van der Waals surface area contributed by atoms with Gasteiger partial charge in [0.15, 0.2) is 0 Å². The molecule has 3 heterocycles. The molecular weight excluding hydrogens is 688 g/mol. The quantitative estimate of drug-likeness (QED) is 0.129. The summed E-state index contributed by atoms with van der Waals surface area (Å²) in [7, 11) is -0.741. The fraction of sp³-hybridized carbons (Fsp3) is 0.452. The highest BCUT2D eigenvalue weighted by Crippen LogP contribution is 2.45. The summed E-state index contributed by atoms with van der Waals surface area (Å²) in [6, 6.07) is 13.1. The zero-order valence-electron chi connectivity index (χ0n) is 32.9. The third-order valence-electron chi connectivity index (χ3n) is 10.1. The molecule has 0 bridgehead atoms. The topological polar surface area (TPSA) is 94.9 Å². The summed E-state index contributed by atoms with van der Waals surface area (Å²) in [6.07, 6.45) is 7.52. The zero-order valence-corrected chi connectivity index (χ0v) is 33.9. The Labute approximate surface area is 314 Å². The molecule has 2 amide bonds. The number of hydrogen-bond donors (Lipinski definition) is 1. The first-order valence-electron chi connectivity index (χ1n) is 18.0. The second-order valence-electron chi connectivity index (χ2n) is 17.1. The molecule has 0 radical (unpaired) electrons. The number of anilines is 1. The predicted molar refractivity (Wildman–Crippen MR) is 211 cm³/mol. The molecule has 2 aromatic heterocycles. The van der Waals surface area contributed by atoms with E-state index in [0.717, 1.165) is 33.3 Å². The molecule has 1 aliphatic rings. The number of carbonyl (C=O) groups excluding carboxylic acids is 2. The van der Waals surface area contributed by atoms with E-state index in [9.17, 15) is 14.0 Å². The second-order valence-corrected chi connectivity index (χ2v) is 21.8. The Morgan fingerprint density at radius 1 is 1.06 bits per heavy atom. The maximum absolute atomic E-state index is 14.9. The lowest BCUT2D eigenvalue weighted by atomic mass is 9.91. The van der Waals surface area contributed by atoms with Crippen LogP contribution in [0.4, 0.5) is 14.9 Å². The molecule has 2 aromatic carbocycles. The van der Waals surface area contributed by atoms with Gasteiger partial charge in [-0.1, -0.05) is 52.7 Å². The van der Waals surface area contributed by atoms with Gasteiger partial charge in [-0.25, -0.2) is 14.2 Å². The number of terminal acetylenes is 1. The first-order valence-corrected chi connectivity index (χ1v) is 20.9. The molecule has 53 heavy (non-hydrogen) atoms. The van der Waals surface area contributed by atoms with Crippen LogP contribution in [0.2, 0.25) is 18.1 Å². The summed E-state index contributed by atoms with van der Waals surface area (Å²) in [4.78, 5) is 35.2. The molecule has 1 N–H and O–H groups in total. The highest BCUT2D eigenvalue weighted by atomic mass is 28.4. The molecule has 0 unspecified atom stereocenters. The van der Waals surface area contributed by atoms with Gasteiger partial charge in [0, 0.05) is 47.5 Å². The molecule has 0 aliphatic carbocycles. The molecule has 0 fully saturated rings. The van der Waals surface area contributed by atoms with Crippen molar-refractivity contribution in [3.63, 3.8) is 0 Å². The number of fused-ring (bicyclic) bond motifs is 2. The number of ether oxygens (including phenoxy) is 2. The minimum atomic E-state index is -2.34. The number of rotatable bonds is 10. The van der Waals surface area contributed by atoms with Crippen LogP contribution in [0, 0.1) is 18.2 Å². The van der Waals surface area contributed by atoms with Gasteiger partial charge in [-0.15, -0.1) is 6.42 Å². The maximum atomic E-state index is 14.9. The average molecular weight is 741 g/mol. The molecule has 1 aliphatic heterocycles. The maximum Gasteiger partial charge on any atom is 0.408 e. The fourth-order valence-corrected chi connectivity index (χ4v) is 7.31. The highest BCUT2D eigenvalue weighted by Gasteiger charge is 2.45. The smallest absolute Gasteiger partial charge is 0.408 e. The Morgan fingerprint density at radius 2 is 1.74 bits per heavy atom. The predicted octanol–water partition coefficient (Wildman–Crippen LogP) is 8.55. The van der Waals surface area contributed by atoms with Crippen molar-refractivity contribution in [2.75, 3.05) is 18.6 Å². The van der Waals surface area contributed by atoms with Crippen molar-refractivity contribution >= 4 is 36.9 Å². The van der Waals surface area contributed by atoms with Gasteiger partial charge in [-0.3, -0.25) is 4.79 Å². The second kappa shape index (κ2) is 14.5. The average Bonchev–Trinajstić information content (AvgIpc) is 3.52. The number of pyridine rings is 1. The fourth-order valence-electron chi connectivity index (χ4n) is 6.34. The van der Waals surface area contributed by atoms with E-state index in [-0.39, 0.29) is 23.2 Å². The van der Waals surface area contributed by atoms with Crippen molar-refractivity contribution in [2.45, 2.75) is 110 Å². The number of nitrogens with zero attached hydrogens (tertiary/aromatic N) is 3. The van der Waals surface area contributed by atoms with E-state index in [4.69, 9.17) is 25.3 Å². The van der Waals surface area contributed by atoms with Crippen molar-refractivity contribution in [3.05, 3.63) is 82.9 Å². The number of benzene rings is 2. The Kier molecular flexibility index (Phi) is 10.8. The number of aromatic nitrogens is 2. The van der Waals surface area contributed by atoms with Crippen LogP contribution in [0.5, 0.6) is 11.6 Å². The van der Waals surface area contributed by atoms with E-state index in [1.54, 1.807) is 44.9 Å². The Hall–Kier alpha value is -4.82. The highest BCUT2D eigenvalue weighted by molar-refractivity contribution is 6.74. The van der Waals surface area contributed by atoms with E-state index in [1.807, 2.05) is 35.0 Å². The van der Waals surface area contributed by atoms with Gasteiger partial charge in [0.25, 0.3) is 8.32 Å². The molecule has 0 spiro atoms. The van der Waals surface area contributed by atoms with E-state index in [2.05, 4.69) is 58.9 Å². The molecule has 0 saturated heterocycles. The van der Waals surface area contributed by atoms with Gasteiger partial charge >= 0.3 is 6.09 Å². The molecule has 11 heteroatoms. The first kappa shape index (κ1) is 39.4. The third-order valence-corrected chi connectivity index (χ3v) is 14.4. The van der Waals surface area contributed by atoms with Gasteiger partial charge in [0.2, 0.25) is 11.8 Å². The van der Waals surface area contributed by atoms with Crippen molar-refractivity contribution in [1.29, 1.82) is 0 Å². The van der Waals surface area contributed by atoms with Crippen LogP contribution in [-0.2, 0) is 34.3 Å². The molecule has 0 saturated carbocycles. The number of hydrogen-bond acceptors (Lipinski definition) is 6. The van der Waals surface area contributed by atoms with Crippen LogP contribution in [0.3, 0.4) is 0 Å². The summed E-state index contributed by atoms with van der Waals surface area (Å²) >= 11 is 0. The van der Waals surface area contributed by atoms with Gasteiger partial charge in [0.1, 0.15) is 23.2 Å². The van der Waals surface area contributed by atoms with Gasteiger partial charge in [-0.2, -0.15) is 0 Å². The molecule has 4 aromatic rings. The van der Waals surface area contributed by atoms with Crippen LogP contribution in [-0.4, -0.2) is 55.2 Å². The van der Waals surface area contributed by atoms with Crippen LogP contribution in [0.25, 0.3) is 10.9 Å². The minimum Gasteiger partial charge on any atom is -0.530 e. The summed E-state index contributed by atoms with van der Waals surface area (Å²) in [5.41, 5.74) is 3.42. The summed E-state index contributed by atoms with van der Waals surface area (Å²) in [6.45, 7) is 21.0. The number of amides is 2. The van der Waals surface area contributed by atoms with Crippen molar-refractivity contribution in [3.8, 4) is 24.0 Å². The van der Waals surface area contributed by atoms with E-state index < -0.39 is 31.5 Å². The lowest BCUT2D eigenvalue weighted by Gasteiger charge is -2.36. The Morgan fingerprint density at radius 3 is 2.34 bits per heavy atom. The monoisotopic (exact) mass is 740 g/mol. The molecule has 1 atom stereocenters. The van der Waals surface area contributed by atoms with Crippen LogP contribution < -0.4 is 19.4 Å². The zero-order chi connectivity index (χ0) is 39.1. The van der Waals surface area contributed by atoms with Gasteiger partial charge in [-0.05, 0) is 86.4 Å². The summed E-state index contributed by atoms with van der Waals surface area (Å²) in [5, 5.41) is 3.67. The number of methoxy groups -OCH3 is 1. The third kappa shape index (κ3) is 8.70. The lowest BCUT2D eigenvalue weighted by Crippen LogP contribution is -2.51. The largest absolute Gasteiger partial charge is 0.530 e. The van der Waals surface area contributed by atoms with Crippen LogP contribution in [0.1, 0.15) is 77.8 Å². The van der Waals surface area contributed by atoms with Crippen LogP contribution in [0.15, 0.2) is 54.7 Å². The molecule has 5 rings (SSSR count). The normalized spacial score (nSPS) is 14.7. The standard InChI is InChI=1S/C42H53FN4O5Si/c1-13-20-46-25-29(32-24-31(50-10)18-19-34(32)46)22-33(44-39(49)51-40(2,3)4)38(48)47-26-42(8,9)36-35(47)23-28(21-27-14-16-30(43)17-15-27)37(45-36)52-53(11,12)41(5,6)7/h1,14-19,23-25,33H,20-22,26H2,2-12H3,(H,44,49)/t33-/m0/s1. The number of carbonyl (C=O) groups is 2. The van der Waals surface area contributed by atoms with E-state index in [1.165, 1.54) is 12.1 Å². The van der Waals surface area contributed by atoms with Crippen molar-refractivity contribution in [2.24, 2.45) is 0 Å². The lowest BCUT2D eigenvalue weighted by molar-refractivity contribution is -0.120. The number of nitrogens with one attached hydrogen (secondary N) is 1. The SMILES string of the molecule is C#CCn1cc(C[C@H](NC(=O)OC(C)(C)C)C(=O)N2CC(C)(C)c3nc(O[Si](C)(C)C(C)(C)C)c(Cc4ccc(F)cc4)cc32)c2cc(OC)ccc21. The van der Waals surface area contributed by atoms with E-state index in [0.29, 0.717) is 36.8 Å². The molecule has 282 valence electrons. The molecular formula is C42H53FN4O5Si. The number of alkyl carbamates (subject to hydrolysis) is 1. The summed E-state index contributed by atoms with van der Waals surface area (Å²) < 4.78 is 33.9. The Balaban J connectivity index is 1.61. The number of halogens is 1. The summed E-state index contributed by atoms with van der Waals surface area (Å²) in [5.74, 6) is 3.26. The van der Waals surface area contributed by atoms with Crippen LogP contribution >= 0.6 is 0 Å². The van der Waals surface area contributed by atoms with Crippen molar-refractivity contribution < 1.29 is 27.9 Å². The van der Waals surface area contributed by atoms with Gasteiger partial charge < -0.3 is 28.7 Å². The van der Waals surface area contributed by atoms with Gasteiger partial charge in [0.05, 0.1) is 25.0 Å². The first-order chi connectivity index (χ1) is 24.6.